The van der Waals surface area contributed by atoms with Gasteiger partial charge in [0.15, 0.2) is 5.57 Å². The Kier molecular flexibility index (Phi) is 3.94. The van der Waals surface area contributed by atoms with Gasteiger partial charge >= 0.3 is 11.9 Å². The highest BCUT2D eigenvalue weighted by atomic mass is 32.2. The number of carbonyl (C=O) groups excluding carboxylic acids is 2. The number of ether oxygens (including phenoxy) is 2. The molecule has 3 N–H and O–H groups in total. The summed E-state index contributed by atoms with van der Waals surface area (Å²) in [6, 6.07) is 5.77. The van der Waals surface area contributed by atoms with Gasteiger partial charge in [0.1, 0.15) is 4.90 Å². The molecule has 1 saturated heterocycles. The second-order valence-electron chi connectivity index (χ2n) is 4.92. The van der Waals surface area contributed by atoms with Gasteiger partial charge in [0.05, 0.1) is 5.69 Å². The molecule has 0 atom stereocenters. The lowest BCUT2D eigenvalue weighted by Gasteiger charge is -2.29. The molecule has 0 radical (unpaired) electrons. The number of rotatable bonds is 3. The first-order valence-electron chi connectivity index (χ1n) is 6.15. The highest BCUT2D eigenvalue weighted by Crippen LogP contribution is 2.24. The third kappa shape index (κ3) is 3.43. The van der Waals surface area contributed by atoms with Crippen molar-refractivity contribution in [3.8, 4) is 0 Å². The molecule has 2 rings (SSSR count). The van der Waals surface area contributed by atoms with E-state index in [1.54, 1.807) is 6.07 Å². The second kappa shape index (κ2) is 5.43. The number of nitrogens with one attached hydrogen (secondary N) is 1. The van der Waals surface area contributed by atoms with Crippen LogP contribution >= 0.6 is 0 Å². The van der Waals surface area contributed by atoms with E-state index in [9.17, 15) is 18.0 Å². The van der Waals surface area contributed by atoms with Gasteiger partial charge in [-0.3, -0.25) is 0 Å². The summed E-state index contributed by atoms with van der Waals surface area (Å²) >= 11 is 0. The molecule has 118 valence electrons. The van der Waals surface area contributed by atoms with Crippen LogP contribution in [0.3, 0.4) is 0 Å². The topological polar surface area (TPSA) is 125 Å². The number of anilines is 1. The summed E-state index contributed by atoms with van der Waals surface area (Å²) in [7, 11) is -3.96. The van der Waals surface area contributed by atoms with Crippen molar-refractivity contribution >= 4 is 27.6 Å². The van der Waals surface area contributed by atoms with Gasteiger partial charge in [-0.25, -0.2) is 23.1 Å². The minimum absolute atomic E-state index is 0.114. The van der Waals surface area contributed by atoms with Crippen LogP contribution in [-0.4, -0.2) is 26.1 Å². The minimum Gasteiger partial charge on any atom is -0.419 e. The highest BCUT2D eigenvalue weighted by Gasteiger charge is 2.39. The molecule has 0 saturated carbocycles. The Morgan fingerprint density at radius 2 is 1.68 bits per heavy atom. The van der Waals surface area contributed by atoms with Crippen LogP contribution in [0.2, 0.25) is 0 Å². The fraction of sp³-hybridized carbons (Fsp3) is 0.231. The van der Waals surface area contributed by atoms with Crippen LogP contribution in [0.4, 0.5) is 5.69 Å². The lowest BCUT2D eigenvalue weighted by Crippen LogP contribution is -2.42. The maximum absolute atomic E-state index is 11.7. The standard InChI is InChI=1S/C13H14N2O6S/c1-13(2)20-11(16)8(12(17)21-13)7-15-9-5-3-4-6-10(9)22(14,18)19/h3-7,15H,1-2H3,(H2,14,18,19). The highest BCUT2D eigenvalue weighted by molar-refractivity contribution is 7.89. The number of hydrogen-bond acceptors (Lipinski definition) is 7. The van der Waals surface area contributed by atoms with Gasteiger partial charge in [0, 0.05) is 20.0 Å². The summed E-state index contributed by atoms with van der Waals surface area (Å²) in [5.41, 5.74) is -0.272. The molecule has 1 fully saturated rings. The number of para-hydroxylation sites is 1. The molecule has 0 amide bonds. The zero-order valence-electron chi connectivity index (χ0n) is 11.8. The van der Waals surface area contributed by atoms with Crippen molar-refractivity contribution in [3.63, 3.8) is 0 Å². The largest absolute Gasteiger partial charge is 0.419 e. The molecule has 0 unspecified atom stereocenters. The van der Waals surface area contributed by atoms with E-state index in [0.29, 0.717) is 0 Å². The summed E-state index contributed by atoms with van der Waals surface area (Å²) < 4.78 is 32.7. The Morgan fingerprint density at radius 1 is 1.14 bits per heavy atom. The van der Waals surface area contributed by atoms with Crippen molar-refractivity contribution in [2.24, 2.45) is 5.14 Å². The quantitative estimate of drug-likeness (QED) is 0.470. The molecule has 1 aliphatic heterocycles. The van der Waals surface area contributed by atoms with Crippen molar-refractivity contribution in [3.05, 3.63) is 36.0 Å². The summed E-state index contributed by atoms with van der Waals surface area (Å²) in [5.74, 6) is -3.09. The van der Waals surface area contributed by atoms with E-state index in [-0.39, 0.29) is 16.2 Å². The average molecular weight is 326 g/mol. The molecule has 9 heteroatoms. The number of nitrogens with two attached hydrogens (primary N) is 1. The summed E-state index contributed by atoms with van der Waals surface area (Å²) in [6.07, 6.45) is 1.02. The minimum atomic E-state index is -3.96. The van der Waals surface area contributed by atoms with Crippen LogP contribution in [0.15, 0.2) is 40.9 Å². The molecule has 0 spiro atoms. The van der Waals surface area contributed by atoms with Crippen molar-refractivity contribution in [1.82, 2.24) is 0 Å². The van der Waals surface area contributed by atoms with E-state index in [2.05, 4.69) is 5.32 Å². The summed E-state index contributed by atoms with van der Waals surface area (Å²) in [6.45, 7) is 2.84. The number of benzene rings is 1. The Balaban J connectivity index is 2.30. The third-order valence-corrected chi connectivity index (χ3v) is 3.65. The molecule has 0 aromatic heterocycles. The van der Waals surface area contributed by atoms with Gasteiger partial charge < -0.3 is 14.8 Å². The van der Waals surface area contributed by atoms with Crippen LogP contribution in [0.1, 0.15) is 13.8 Å². The number of hydrogen-bond donors (Lipinski definition) is 2. The molecule has 22 heavy (non-hydrogen) atoms. The number of cyclic esters (lactones) is 2. The third-order valence-electron chi connectivity index (χ3n) is 2.68. The van der Waals surface area contributed by atoms with Gasteiger partial charge in [0.25, 0.3) is 5.79 Å². The lowest BCUT2D eigenvalue weighted by atomic mass is 10.2. The first-order valence-corrected chi connectivity index (χ1v) is 7.70. The molecule has 0 bridgehead atoms. The molecule has 0 aliphatic carbocycles. The first kappa shape index (κ1) is 16.0. The fourth-order valence-corrected chi connectivity index (χ4v) is 2.46. The van der Waals surface area contributed by atoms with E-state index >= 15 is 0 Å². The molecule has 1 heterocycles. The van der Waals surface area contributed by atoms with Gasteiger partial charge in [0.2, 0.25) is 10.0 Å². The zero-order valence-corrected chi connectivity index (χ0v) is 12.6. The maximum Gasteiger partial charge on any atom is 0.350 e. The van der Waals surface area contributed by atoms with Gasteiger partial charge in [-0.15, -0.1) is 0 Å². The first-order chi connectivity index (χ1) is 10.1. The number of carbonyl (C=O) groups is 2. The van der Waals surface area contributed by atoms with Crippen LogP contribution in [0.25, 0.3) is 0 Å². The number of esters is 2. The van der Waals surface area contributed by atoms with Gasteiger partial charge in [-0.05, 0) is 12.1 Å². The van der Waals surface area contributed by atoms with Crippen molar-refractivity contribution in [1.29, 1.82) is 0 Å². The Morgan fingerprint density at radius 3 is 2.23 bits per heavy atom. The second-order valence-corrected chi connectivity index (χ2v) is 6.45. The number of primary sulfonamides is 1. The average Bonchev–Trinajstić information content (AvgIpc) is 2.35. The molecule has 1 aromatic rings. The number of sulfonamides is 1. The van der Waals surface area contributed by atoms with E-state index < -0.39 is 27.7 Å². The predicted octanol–water partition coefficient (Wildman–Crippen LogP) is 0.466. The van der Waals surface area contributed by atoms with Crippen LogP contribution in [0, 0.1) is 0 Å². The maximum atomic E-state index is 11.7. The summed E-state index contributed by atoms with van der Waals surface area (Å²) in [4.78, 5) is 23.3. The zero-order chi connectivity index (χ0) is 16.5. The van der Waals surface area contributed by atoms with E-state index in [1.807, 2.05) is 0 Å². The van der Waals surface area contributed by atoms with E-state index in [1.165, 1.54) is 32.0 Å². The van der Waals surface area contributed by atoms with Crippen LogP contribution in [0.5, 0.6) is 0 Å². The molecule has 8 nitrogen and oxygen atoms in total. The Hall–Kier alpha value is -2.39. The van der Waals surface area contributed by atoms with E-state index in [4.69, 9.17) is 14.6 Å². The molecular formula is C13H14N2O6S. The lowest BCUT2D eigenvalue weighted by molar-refractivity contribution is -0.222. The van der Waals surface area contributed by atoms with Crippen molar-refractivity contribution < 1.29 is 27.5 Å². The molecule has 1 aromatic carbocycles. The van der Waals surface area contributed by atoms with Gasteiger partial charge in [-0.2, -0.15) is 0 Å². The fourth-order valence-electron chi connectivity index (χ4n) is 1.76. The van der Waals surface area contributed by atoms with Gasteiger partial charge in [-0.1, -0.05) is 12.1 Å². The summed E-state index contributed by atoms with van der Waals surface area (Å²) in [5, 5.41) is 7.64. The Bertz CT molecular complexity index is 744. The van der Waals surface area contributed by atoms with Crippen molar-refractivity contribution in [2.45, 2.75) is 24.5 Å². The van der Waals surface area contributed by atoms with Crippen LogP contribution in [-0.2, 0) is 29.1 Å². The smallest absolute Gasteiger partial charge is 0.350 e. The van der Waals surface area contributed by atoms with Crippen molar-refractivity contribution in [2.75, 3.05) is 5.32 Å². The monoisotopic (exact) mass is 326 g/mol. The molecule has 1 aliphatic rings. The SMILES string of the molecule is CC1(C)OC(=O)C(=CNc2ccccc2S(N)(=O)=O)C(=O)O1. The van der Waals surface area contributed by atoms with E-state index in [0.717, 1.165) is 6.20 Å². The van der Waals surface area contributed by atoms with Crippen LogP contribution < -0.4 is 10.5 Å². The normalized spacial score (nSPS) is 17.5. The Labute approximate surface area is 126 Å². The molecular weight excluding hydrogens is 312 g/mol. The predicted molar refractivity (Wildman–Crippen MR) is 75.8 cm³/mol.